The van der Waals surface area contributed by atoms with E-state index in [4.69, 9.17) is 5.73 Å². The van der Waals surface area contributed by atoms with Gasteiger partial charge in [0, 0.05) is 17.6 Å². The van der Waals surface area contributed by atoms with Crippen LogP contribution in [0.15, 0.2) is 18.2 Å². The maximum absolute atomic E-state index is 12.0. The van der Waals surface area contributed by atoms with E-state index in [2.05, 4.69) is 5.32 Å². The van der Waals surface area contributed by atoms with E-state index in [9.17, 15) is 4.79 Å². The average Bonchev–Trinajstić information content (AvgIpc) is 2.15. The molecule has 0 spiro atoms. The van der Waals surface area contributed by atoms with Crippen LogP contribution in [0.4, 0.5) is 0 Å². The largest absolute Gasteiger partial charge is 0.349 e. The summed E-state index contributed by atoms with van der Waals surface area (Å²) in [5, 5.41) is 3.03. The van der Waals surface area contributed by atoms with E-state index in [1.165, 1.54) is 0 Å². The van der Waals surface area contributed by atoms with Crippen LogP contribution in [0.3, 0.4) is 0 Å². The van der Waals surface area contributed by atoms with Crippen molar-refractivity contribution in [2.75, 3.05) is 0 Å². The molecule has 0 aromatic heterocycles. The summed E-state index contributed by atoms with van der Waals surface area (Å²) in [6, 6.07) is 6.44. The second kappa shape index (κ2) is 4.26. The Hall–Kier alpha value is -1.35. The van der Waals surface area contributed by atoms with E-state index in [0.717, 1.165) is 29.5 Å². The van der Waals surface area contributed by atoms with E-state index in [1.54, 1.807) is 0 Å². The number of nitrogens with two attached hydrogens (primary N) is 1. The molecule has 16 heavy (non-hydrogen) atoms. The number of carbonyl (C=O) groups is 1. The molecule has 2 rings (SSSR count). The number of aryl methyl sites for hydroxylation is 2. The average molecular weight is 218 g/mol. The maximum Gasteiger partial charge on any atom is 0.252 e. The summed E-state index contributed by atoms with van der Waals surface area (Å²) in [7, 11) is 0. The van der Waals surface area contributed by atoms with Crippen molar-refractivity contribution in [2.45, 2.75) is 38.8 Å². The molecule has 3 nitrogen and oxygen atoms in total. The van der Waals surface area contributed by atoms with Crippen LogP contribution >= 0.6 is 0 Å². The highest BCUT2D eigenvalue weighted by atomic mass is 16.1. The number of hydrogen-bond acceptors (Lipinski definition) is 2. The van der Waals surface area contributed by atoms with Gasteiger partial charge < -0.3 is 11.1 Å². The predicted molar refractivity (Wildman–Crippen MR) is 64.4 cm³/mol. The van der Waals surface area contributed by atoms with Gasteiger partial charge in [-0.3, -0.25) is 4.79 Å². The normalized spacial score (nSPS) is 23.7. The van der Waals surface area contributed by atoms with E-state index >= 15 is 0 Å². The highest BCUT2D eigenvalue weighted by molar-refractivity contribution is 5.97. The Morgan fingerprint density at radius 2 is 1.88 bits per heavy atom. The molecule has 0 heterocycles. The van der Waals surface area contributed by atoms with Crippen molar-refractivity contribution in [1.82, 2.24) is 5.32 Å². The minimum Gasteiger partial charge on any atom is -0.349 e. The van der Waals surface area contributed by atoms with Crippen LogP contribution in [0.25, 0.3) is 0 Å². The quantitative estimate of drug-likeness (QED) is 0.790. The summed E-state index contributed by atoms with van der Waals surface area (Å²) in [4.78, 5) is 12.0. The van der Waals surface area contributed by atoms with Crippen LogP contribution in [-0.2, 0) is 0 Å². The fraction of sp³-hybridized carbons (Fsp3) is 0.462. The van der Waals surface area contributed by atoms with Crippen molar-refractivity contribution in [3.63, 3.8) is 0 Å². The van der Waals surface area contributed by atoms with Crippen molar-refractivity contribution in [2.24, 2.45) is 5.73 Å². The number of nitrogens with one attached hydrogen (secondary N) is 1. The molecule has 1 saturated carbocycles. The molecule has 1 aromatic rings. The van der Waals surface area contributed by atoms with Gasteiger partial charge in [-0.1, -0.05) is 18.2 Å². The summed E-state index contributed by atoms with van der Waals surface area (Å²) < 4.78 is 0. The lowest BCUT2D eigenvalue weighted by atomic mass is 9.87. The molecular weight excluding hydrogens is 200 g/mol. The summed E-state index contributed by atoms with van der Waals surface area (Å²) >= 11 is 0. The monoisotopic (exact) mass is 218 g/mol. The van der Waals surface area contributed by atoms with Gasteiger partial charge in [0.25, 0.3) is 5.91 Å². The van der Waals surface area contributed by atoms with Crippen LogP contribution < -0.4 is 11.1 Å². The lowest BCUT2D eigenvalue weighted by molar-refractivity contribution is 0.0909. The van der Waals surface area contributed by atoms with Gasteiger partial charge >= 0.3 is 0 Å². The van der Waals surface area contributed by atoms with Crippen molar-refractivity contribution >= 4 is 5.91 Å². The molecule has 1 aliphatic rings. The van der Waals surface area contributed by atoms with Crippen molar-refractivity contribution in [3.05, 3.63) is 34.9 Å². The van der Waals surface area contributed by atoms with Gasteiger partial charge in [-0.15, -0.1) is 0 Å². The van der Waals surface area contributed by atoms with Crippen LogP contribution in [0.5, 0.6) is 0 Å². The first-order valence-electron chi connectivity index (χ1n) is 5.70. The Bertz CT molecular complexity index is 388. The Balaban J connectivity index is 2.09. The molecular formula is C13H18N2O. The number of benzene rings is 1. The Morgan fingerprint density at radius 1 is 1.31 bits per heavy atom. The number of hydrogen-bond donors (Lipinski definition) is 2. The van der Waals surface area contributed by atoms with Gasteiger partial charge in [0.15, 0.2) is 0 Å². The van der Waals surface area contributed by atoms with Crippen molar-refractivity contribution in [3.8, 4) is 0 Å². The van der Waals surface area contributed by atoms with Crippen molar-refractivity contribution in [1.29, 1.82) is 0 Å². The second-order valence-corrected chi connectivity index (χ2v) is 4.67. The molecule has 1 amide bonds. The number of rotatable bonds is 2. The summed E-state index contributed by atoms with van der Waals surface area (Å²) in [6.07, 6.45) is 1.80. The third kappa shape index (κ3) is 2.09. The smallest absolute Gasteiger partial charge is 0.252 e. The van der Waals surface area contributed by atoms with Crippen LogP contribution in [-0.4, -0.2) is 18.0 Å². The van der Waals surface area contributed by atoms with Gasteiger partial charge in [-0.2, -0.15) is 0 Å². The highest BCUT2D eigenvalue weighted by Gasteiger charge is 2.27. The van der Waals surface area contributed by atoms with Crippen LogP contribution in [0.2, 0.25) is 0 Å². The number of carbonyl (C=O) groups excluding carboxylic acids is 1. The molecule has 3 heteroatoms. The maximum atomic E-state index is 12.0. The molecule has 0 saturated heterocycles. The Kier molecular flexibility index (Phi) is 2.97. The van der Waals surface area contributed by atoms with E-state index < -0.39 is 0 Å². The molecule has 3 N–H and O–H groups in total. The first kappa shape index (κ1) is 11.1. The van der Waals surface area contributed by atoms with Crippen LogP contribution in [0, 0.1) is 13.8 Å². The molecule has 1 aromatic carbocycles. The third-order valence-electron chi connectivity index (χ3n) is 3.22. The minimum atomic E-state index is 0.0347. The van der Waals surface area contributed by atoms with E-state index in [1.807, 2.05) is 32.0 Å². The summed E-state index contributed by atoms with van der Waals surface area (Å²) in [5.74, 6) is 0.0347. The topological polar surface area (TPSA) is 55.1 Å². The predicted octanol–water partition coefficient (Wildman–Crippen LogP) is 1.52. The number of amides is 1. The summed E-state index contributed by atoms with van der Waals surface area (Å²) in [5.41, 5.74) is 8.56. The van der Waals surface area contributed by atoms with E-state index in [-0.39, 0.29) is 18.0 Å². The molecule has 0 radical (unpaired) electrons. The fourth-order valence-corrected chi connectivity index (χ4v) is 2.21. The van der Waals surface area contributed by atoms with Gasteiger partial charge in [-0.05, 0) is 37.8 Å². The molecule has 0 unspecified atom stereocenters. The van der Waals surface area contributed by atoms with Gasteiger partial charge in [0.1, 0.15) is 0 Å². The molecule has 0 aliphatic heterocycles. The Morgan fingerprint density at radius 3 is 2.38 bits per heavy atom. The van der Waals surface area contributed by atoms with E-state index in [0.29, 0.717) is 0 Å². The first-order chi connectivity index (χ1) is 7.58. The SMILES string of the molecule is Cc1cccc(C)c1C(=O)NC1CC(N)C1. The second-order valence-electron chi connectivity index (χ2n) is 4.67. The standard InChI is InChI=1S/C13H18N2O/c1-8-4-3-5-9(2)12(8)13(16)15-11-6-10(14)7-11/h3-5,10-11H,6-7,14H2,1-2H3,(H,15,16). The Labute approximate surface area is 96.0 Å². The first-order valence-corrected chi connectivity index (χ1v) is 5.70. The van der Waals surface area contributed by atoms with Crippen LogP contribution in [0.1, 0.15) is 34.3 Å². The van der Waals surface area contributed by atoms with Gasteiger partial charge in [0.05, 0.1) is 0 Å². The lowest BCUT2D eigenvalue weighted by Gasteiger charge is -2.33. The lowest BCUT2D eigenvalue weighted by Crippen LogP contribution is -2.50. The zero-order chi connectivity index (χ0) is 11.7. The molecule has 1 aliphatic carbocycles. The zero-order valence-corrected chi connectivity index (χ0v) is 9.79. The summed E-state index contributed by atoms with van der Waals surface area (Å²) in [6.45, 7) is 3.93. The zero-order valence-electron chi connectivity index (χ0n) is 9.79. The fourth-order valence-electron chi connectivity index (χ4n) is 2.21. The van der Waals surface area contributed by atoms with Gasteiger partial charge in [-0.25, -0.2) is 0 Å². The molecule has 1 fully saturated rings. The van der Waals surface area contributed by atoms with Gasteiger partial charge in [0.2, 0.25) is 0 Å². The minimum absolute atomic E-state index is 0.0347. The van der Waals surface area contributed by atoms with Crippen molar-refractivity contribution < 1.29 is 4.79 Å². The molecule has 0 atom stereocenters. The molecule has 0 bridgehead atoms. The molecule has 86 valence electrons. The highest BCUT2D eigenvalue weighted by Crippen LogP contribution is 2.19. The third-order valence-corrected chi connectivity index (χ3v) is 3.22.